The lowest BCUT2D eigenvalue weighted by atomic mass is 10.2. The number of piperidine rings is 1. The quantitative estimate of drug-likeness (QED) is 0.639. The summed E-state index contributed by atoms with van der Waals surface area (Å²) in [6, 6.07) is 8.20. The van der Waals surface area contributed by atoms with E-state index in [0.717, 1.165) is 19.3 Å². The normalized spacial score (nSPS) is 16.1. The molecule has 25 heavy (non-hydrogen) atoms. The van der Waals surface area contributed by atoms with Crippen molar-refractivity contribution in [3.05, 3.63) is 52.4 Å². The Labute approximate surface area is 160 Å². The van der Waals surface area contributed by atoms with E-state index in [9.17, 15) is 12.8 Å². The minimum atomic E-state index is -3.46. The van der Waals surface area contributed by atoms with Crippen LogP contribution in [0.15, 0.2) is 50.9 Å². The summed E-state index contributed by atoms with van der Waals surface area (Å²) in [4.78, 5) is 4.44. The average Bonchev–Trinajstić information content (AvgIpc) is 2.62. The van der Waals surface area contributed by atoms with Crippen LogP contribution in [-0.4, -0.2) is 30.8 Å². The number of benzene rings is 1. The fourth-order valence-corrected chi connectivity index (χ4v) is 5.27. The molecule has 0 saturated carbocycles. The van der Waals surface area contributed by atoms with Crippen LogP contribution in [0, 0.1) is 5.82 Å². The number of thioether (sulfide) groups is 1. The van der Waals surface area contributed by atoms with Gasteiger partial charge in [-0.05, 0) is 42.7 Å². The SMILES string of the molecule is O=S(=O)(c1ccc(SCc2ccc(Br)cc2F)nc1)N1CCCCC1. The van der Waals surface area contributed by atoms with Gasteiger partial charge in [-0.1, -0.05) is 28.4 Å². The van der Waals surface area contributed by atoms with E-state index in [4.69, 9.17) is 0 Å². The largest absolute Gasteiger partial charge is 0.249 e. The van der Waals surface area contributed by atoms with Crippen molar-refractivity contribution in [2.75, 3.05) is 13.1 Å². The van der Waals surface area contributed by atoms with Gasteiger partial charge < -0.3 is 0 Å². The highest BCUT2D eigenvalue weighted by molar-refractivity contribution is 9.10. The molecule has 1 aromatic heterocycles. The molecule has 8 heteroatoms. The summed E-state index contributed by atoms with van der Waals surface area (Å²) in [6.45, 7) is 1.14. The first-order valence-corrected chi connectivity index (χ1v) is 11.2. The Hall–Kier alpha value is -0.960. The molecule has 1 aliphatic rings. The molecule has 4 nitrogen and oxygen atoms in total. The number of aromatic nitrogens is 1. The van der Waals surface area contributed by atoms with Gasteiger partial charge in [0.25, 0.3) is 0 Å². The highest BCUT2D eigenvalue weighted by atomic mass is 79.9. The number of sulfonamides is 1. The minimum absolute atomic E-state index is 0.216. The number of hydrogen-bond donors (Lipinski definition) is 0. The molecule has 0 N–H and O–H groups in total. The van der Waals surface area contributed by atoms with E-state index >= 15 is 0 Å². The molecule has 0 spiro atoms. The van der Waals surface area contributed by atoms with Crippen molar-refractivity contribution in [2.45, 2.75) is 34.9 Å². The Morgan fingerprint density at radius 1 is 1.16 bits per heavy atom. The van der Waals surface area contributed by atoms with E-state index in [1.54, 1.807) is 24.3 Å². The lowest BCUT2D eigenvalue weighted by Gasteiger charge is -2.25. The molecule has 2 heterocycles. The monoisotopic (exact) mass is 444 g/mol. The molecule has 0 radical (unpaired) electrons. The summed E-state index contributed by atoms with van der Waals surface area (Å²) in [5.41, 5.74) is 0.583. The van der Waals surface area contributed by atoms with Gasteiger partial charge in [-0.3, -0.25) is 0 Å². The number of rotatable bonds is 5. The maximum Gasteiger partial charge on any atom is 0.244 e. The van der Waals surface area contributed by atoms with Crippen molar-refractivity contribution in [1.82, 2.24) is 9.29 Å². The van der Waals surface area contributed by atoms with Gasteiger partial charge >= 0.3 is 0 Å². The van der Waals surface area contributed by atoms with Crippen molar-refractivity contribution in [3.8, 4) is 0 Å². The topological polar surface area (TPSA) is 50.3 Å². The third kappa shape index (κ3) is 4.61. The summed E-state index contributed by atoms with van der Waals surface area (Å²) in [7, 11) is -3.46. The van der Waals surface area contributed by atoms with Crippen molar-refractivity contribution in [2.24, 2.45) is 0 Å². The Morgan fingerprint density at radius 3 is 2.56 bits per heavy atom. The summed E-state index contributed by atoms with van der Waals surface area (Å²) in [5.74, 6) is 0.163. The smallest absolute Gasteiger partial charge is 0.244 e. The van der Waals surface area contributed by atoms with E-state index in [1.165, 1.54) is 28.3 Å². The van der Waals surface area contributed by atoms with Crippen LogP contribution in [0.4, 0.5) is 4.39 Å². The van der Waals surface area contributed by atoms with Crippen molar-refractivity contribution >= 4 is 37.7 Å². The van der Waals surface area contributed by atoms with Crippen LogP contribution in [0.3, 0.4) is 0 Å². The molecular weight excluding hydrogens is 427 g/mol. The molecule has 1 saturated heterocycles. The minimum Gasteiger partial charge on any atom is -0.249 e. The van der Waals surface area contributed by atoms with E-state index < -0.39 is 10.0 Å². The van der Waals surface area contributed by atoms with E-state index in [0.29, 0.717) is 33.9 Å². The zero-order valence-electron chi connectivity index (χ0n) is 13.5. The van der Waals surface area contributed by atoms with Crippen molar-refractivity contribution in [3.63, 3.8) is 0 Å². The zero-order chi connectivity index (χ0) is 17.9. The number of pyridine rings is 1. The standard InChI is InChI=1S/C17H18BrFN2O2S2/c18-14-5-4-13(16(19)10-14)12-24-17-7-6-15(11-20-17)25(22,23)21-8-2-1-3-9-21/h4-7,10-11H,1-3,8-9,12H2. The summed E-state index contributed by atoms with van der Waals surface area (Å²) < 4.78 is 41.2. The molecule has 0 atom stereocenters. The number of halogens is 2. The lowest BCUT2D eigenvalue weighted by molar-refractivity contribution is 0.346. The van der Waals surface area contributed by atoms with Crippen LogP contribution in [0.1, 0.15) is 24.8 Å². The molecule has 1 aromatic carbocycles. The van der Waals surface area contributed by atoms with E-state index in [1.807, 2.05) is 0 Å². The number of nitrogens with zero attached hydrogens (tertiary/aromatic N) is 2. The van der Waals surface area contributed by atoms with Gasteiger partial charge in [0.05, 0.1) is 5.03 Å². The van der Waals surface area contributed by atoms with Crippen LogP contribution >= 0.6 is 27.7 Å². The molecule has 0 amide bonds. The van der Waals surface area contributed by atoms with Gasteiger partial charge in [0.15, 0.2) is 0 Å². The van der Waals surface area contributed by atoms with Gasteiger partial charge in [-0.15, -0.1) is 11.8 Å². The number of hydrogen-bond acceptors (Lipinski definition) is 4. The van der Waals surface area contributed by atoms with E-state index in [2.05, 4.69) is 20.9 Å². The third-order valence-corrected chi connectivity index (χ3v) is 7.42. The van der Waals surface area contributed by atoms with Crippen LogP contribution in [0.25, 0.3) is 0 Å². The zero-order valence-corrected chi connectivity index (χ0v) is 16.7. The predicted octanol–water partition coefficient (Wildman–Crippen LogP) is 4.45. The maximum absolute atomic E-state index is 13.8. The Bertz CT molecular complexity index is 838. The third-order valence-electron chi connectivity index (χ3n) is 4.05. The Kier molecular flexibility index (Phi) is 6.14. The average molecular weight is 445 g/mol. The van der Waals surface area contributed by atoms with Crippen LogP contribution in [-0.2, 0) is 15.8 Å². The molecule has 0 aliphatic carbocycles. The summed E-state index contributed by atoms with van der Waals surface area (Å²) >= 11 is 4.61. The van der Waals surface area contributed by atoms with Gasteiger partial charge in [-0.2, -0.15) is 4.31 Å². The molecular formula is C17H18BrFN2O2S2. The second-order valence-corrected chi connectivity index (χ2v) is 9.67. The Balaban J connectivity index is 1.67. The van der Waals surface area contributed by atoms with Gasteiger partial charge in [0, 0.05) is 29.5 Å². The molecule has 3 rings (SSSR count). The fraction of sp³-hybridized carbons (Fsp3) is 0.353. The Morgan fingerprint density at radius 2 is 1.92 bits per heavy atom. The van der Waals surface area contributed by atoms with Gasteiger partial charge in [0.1, 0.15) is 10.7 Å². The van der Waals surface area contributed by atoms with Crippen LogP contribution < -0.4 is 0 Å². The first kappa shape index (κ1) is 18.8. The first-order chi connectivity index (χ1) is 12.0. The maximum atomic E-state index is 13.8. The predicted molar refractivity (Wildman–Crippen MR) is 101 cm³/mol. The van der Waals surface area contributed by atoms with Crippen molar-refractivity contribution < 1.29 is 12.8 Å². The molecule has 1 aliphatic heterocycles. The van der Waals surface area contributed by atoms with Gasteiger partial charge in [-0.25, -0.2) is 17.8 Å². The second kappa shape index (κ2) is 8.16. The molecule has 2 aromatic rings. The van der Waals surface area contributed by atoms with Gasteiger partial charge in [0.2, 0.25) is 10.0 Å². The van der Waals surface area contributed by atoms with Crippen molar-refractivity contribution in [1.29, 1.82) is 0 Å². The first-order valence-electron chi connectivity index (χ1n) is 8.00. The highest BCUT2D eigenvalue weighted by Gasteiger charge is 2.26. The fourth-order valence-electron chi connectivity index (χ4n) is 2.65. The molecule has 1 fully saturated rings. The second-order valence-electron chi connectivity index (χ2n) is 5.82. The lowest BCUT2D eigenvalue weighted by Crippen LogP contribution is -2.35. The molecule has 134 valence electrons. The molecule has 0 unspecified atom stereocenters. The van der Waals surface area contributed by atoms with Crippen LogP contribution in [0.2, 0.25) is 0 Å². The summed E-state index contributed by atoms with van der Waals surface area (Å²) in [5, 5.41) is 0.667. The molecule has 0 bridgehead atoms. The van der Waals surface area contributed by atoms with E-state index in [-0.39, 0.29) is 10.7 Å². The van der Waals surface area contributed by atoms with Crippen LogP contribution in [0.5, 0.6) is 0 Å². The summed E-state index contributed by atoms with van der Waals surface area (Å²) in [6.07, 6.45) is 4.27. The highest BCUT2D eigenvalue weighted by Crippen LogP contribution is 2.26.